The molecule has 102 heavy (non-hydrogen) atoms. The van der Waals surface area contributed by atoms with Gasteiger partial charge in [0.05, 0.1) is 73.6 Å². The highest BCUT2D eigenvalue weighted by molar-refractivity contribution is 7.09. The third-order valence-corrected chi connectivity index (χ3v) is 19.5. The lowest BCUT2D eigenvalue weighted by molar-refractivity contribution is -0.148. The molecule has 12 amide bonds. The minimum absolute atomic E-state index is 0.0550. The second-order valence-electron chi connectivity index (χ2n) is 26.9. The number of benzene rings is 3. The zero-order chi connectivity index (χ0) is 74.9. The van der Waals surface area contributed by atoms with Crippen LogP contribution in [0.2, 0.25) is 0 Å². The molecule has 0 saturated carbocycles. The predicted octanol–water partition coefficient (Wildman–Crippen LogP) is 6.54. The summed E-state index contributed by atoms with van der Waals surface area (Å²) in [6.45, 7) is 16.4. The Hall–Kier alpha value is -8.90. The molecule has 8 N–H and O–H groups in total. The predicted molar refractivity (Wildman–Crippen MR) is 382 cm³/mol. The second kappa shape index (κ2) is 40.1. The van der Waals surface area contributed by atoms with Crippen molar-refractivity contribution < 1.29 is 76.5 Å². The largest absolute Gasteiger partial charge is 0.445 e. The number of amides is 12. The molecule has 0 unspecified atom stereocenters. The van der Waals surface area contributed by atoms with Crippen molar-refractivity contribution >= 4 is 82.3 Å². The highest BCUT2D eigenvalue weighted by Crippen LogP contribution is 2.32. The molecule has 2 aliphatic rings. The molecule has 0 spiro atoms. The van der Waals surface area contributed by atoms with E-state index in [1.165, 1.54) is 42.5 Å². The van der Waals surface area contributed by atoms with Crippen LogP contribution in [0.5, 0.6) is 0 Å². The Morgan fingerprint density at radius 3 is 1.96 bits per heavy atom. The number of anilines is 1. The molecule has 2 aliphatic heterocycles. The quantitative estimate of drug-likeness (QED) is 0.0183. The molecule has 0 radical (unpaired) electrons. The van der Waals surface area contributed by atoms with Crippen LogP contribution in [0.15, 0.2) is 90.4 Å². The number of hydroxylamine groups is 2. The SMILES string of the molecule is CC[C@H](C)[C@@H]([C@@H](CC(=O)N1CCC[C@H]1[C@H](OC)[C@@H](C)C(=O)N[C@@H](Cc1ccccc1)c1nccs1)OC)N(C)C(=O)[C@@H](NC(=O)[C@H](C(C)C)N(C)C(=O)OCc1ccc(NC(=O)[C@H](CCCNC(N)=O)NC(=O)[C@@H](NC(=O)CCOCCON2C(=O)c3ccccc3C2=O)C(C)C)cc1)C(C)C. The van der Waals surface area contributed by atoms with Crippen LogP contribution < -0.4 is 37.6 Å². The van der Waals surface area contributed by atoms with E-state index in [9.17, 15) is 52.7 Å². The summed E-state index contributed by atoms with van der Waals surface area (Å²) in [7, 11) is 6.14. The fraction of sp³-hybridized carbons (Fsp3) is 0.562. The van der Waals surface area contributed by atoms with Gasteiger partial charge in [-0.05, 0) is 91.2 Å². The van der Waals surface area contributed by atoms with Crippen LogP contribution in [-0.4, -0.2) is 200 Å². The number of hydrogen-bond donors (Lipinski definition) is 7. The number of aromatic nitrogens is 1. The molecule has 4 aromatic rings. The lowest BCUT2D eigenvalue weighted by atomic mass is 9.89. The van der Waals surface area contributed by atoms with Gasteiger partial charge in [-0.3, -0.25) is 52.9 Å². The number of methoxy groups -OCH3 is 2. The fourth-order valence-electron chi connectivity index (χ4n) is 12.8. The Kier molecular flexibility index (Phi) is 32.2. The first-order chi connectivity index (χ1) is 48.6. The molecule has 3 heterocycles. The first-order valence-electron chi connectivity index (χ1n) is 34.9. The number of likely N-dealkylation sites (N-methyl/N-ethyl adjacent to an activating group) is 2. The number of thiazole rings is 1. The molecule has 1 saturated heterocycles. The first kappa shape index (κ1) is 82.1. The minimum atomic E-state index is -1.15. The summed E-state index contributed by atoms with van der Waals surface area (Å²) in [6, 6.07) is 16.0. The number of carbonyl (C=O) groups excluding carboxylic acids is 11. The van der Waals surface area contributed by atoms with Crippen molar-refractivity contribution in [3.8, 4) is 0 Å². The van der Waals surface area contributed by atoms with E-state index in [1.54, 1.807) is 108 Å². The maximum atomic E-state index is 14.9. The fourth-order valence-corrected chi connectivity index (χ4v) is 13.5. The highest BCUT2D eigenvalue weighted by atomic mass is 32.1. The third kappa shape index (κ3) is 22.8. The number of primary amides is 1. The van der Waals surface area contributed by atoms with E-state index in [-0.39, 0.29) is 93.6 Å². The summed E-state index contributed by atoms with van der Waals surface area (Å²) in [4.78, 5) is 164. The van der Waals surface area contributed by atoms with Gasteiger partial charge in [0.2, 0.25) is 41.4 Å². The number of carbonyl (C=O) groups is 11. The average molecular weight is 1440 g/mol. The van der Waals surface area contributed by atoms with Gasteiger partial charge in [-0.15, -0.1) is 16.4 Å². The monoisotopic (exact) mass is 1440 g/mol. The molecule has 0 aliphatic carbocycles. The number of nitrogens with two attached hydrogens (primary N) is 1. The van der Waals surface area contributed by atoms with Crippen molar-refractivity contribution in [2.24, 2.45) is 35.3 Å². The summed E-state index contributed by atoms with van der Waals surface area (Å²) in [5.41, 5.74) is 7.60. The van der Waals surface area contributed by atoms with E-state index in [2.05, 4.69) is 36.9 Å². The number of ether oxygens (including phenoxy) is 4. The van der Waals surface area contributed by atoms with Crippen molar-refractivity contribution in [1.82, 2.24) is 51.3 Å². The second-order valence-corrected chi connectivity index (χ2v) is 27.8. The number of rotatable bonds is 40. The molecule has 11 atom stereocenters. The van der Waals surface area contributed by atoms with E-state index >= 15 is 0 Å². The maximum absolute atomic E-state index is 14.9. The van der Waals surface area contributed by atoms with Crippen LogP contribution in [0.3, 0.4) is 0 Å². The molecule has 1 aromatic heterocycles. The van der Waals surface area contributed by atoms with Crippen LogP contribution in [0.4, 0.5) is 15.3 Å². The number of nitrogens with one attached hydrogen (secondary N) is 6. The van der Waals surface area contributed by atoms with Gasteiger partial charge in [-0.2, -0.15) is 0 Å². The first-order valence-corrected chi connectivity index (χ1v) is 35.8. The van der Waals surface area contributed by atoms with Crippen LogP contribution in [0, 0.1) is 29.6 Å². The highest BCUT2D eigenvalue weighted by Gasteiger charge is 2.45. The van der Waals surface area contributed by atoms with Gasteiger partial charge in [-0.1, -0.05) is 123 Å². The Bertz CT molecular complexity index is 3420. The number of nitrogens with zero attached hydrogens (tertiary/aromatic N) is 5. The number of hydrogen-bond acceptors (Lipinski definition) is 18. The van der Waals surface area contributed by atoms with Crippen molar-refractivity contribution in [1.29, 1.82) is 0 Å². The molecule has 558 valence electrons. The van der Waals surface area contributed by atoms with Gasteiger partial charge in [0.25, 0.3) is 11.8 Å². The van der Waals surface area contributed by atoms with Crippen molar-refractivity contribution in [2.75, 3.05) is 66.5 Å². The van der Waals surface area contributed by atoms with Crippen LogP contribution in [-0.2, 0) is 70.4 Å². The van der Waals surface area contributed by atoms with Crippen LogP contribution >= 0.6 is 11.3 Å². The summed E-state index contributed by atoms with van der Waals surface area (Å²) in [5.74, 6) is -6.55. The van der Waals surface area contributed by atoms with Crippen LogP contribution in [0.25, 0.3) is 0 Å². The van der Waals surface area contributed by atoms with Gasteiger partial charge >= 0.3 is 12.1 Å². The Balaban J connectivity index is 1.02. The molecule has 3 aromatic carbocycles. The van der Waals surface area contributed by atoms with Crippen molar-refractivity contribution in [3.63, 3.8) is 0 Å². The molecular weight excluding hydrogens is 1330 g/mol. The standard InChI is InChI=1S/C73H104N12O16S/c1-14-46(8)62(56(97-12)41-58(87)84-35-21-27-55(84)63(98-13)47(9)64(88)79-54(68-75-34-39-102-68)40-48-22-16-15-17-23-48)82(10)71(94)60(44(4)5)81-67(91)61(45(6)7)83(11)73(96)100-42-49-28-30-50(31-29-49)77-65(89)53(26-20-33-76-72(74)95)78-66(90)59(43(2)3)80-57(86)32-36-99-37-38-101-85-69(92)51-24-18-19-25-52(51)70(85)93/h15-19,22-25,28-31,34,39,43-47,53-56,59-63H,14,20-21,26-27,32-33,35-38,40-42H2,1-13H3,(H,77,89)(H,78,90)(H,79,88)(H,80,86)(H,81,91)(H3,74,76,95)/t46-,47+,53-,54-,55-,56+,59-,60-,61-,62-,63+/m0/s1. The Labute approximate surface area is 601 Å². The summed E-state index contributed by atoms with van der Waals surface area (Å²) < 4.78 is 23.4. The normalized spacial score (nSPS) is 16.5. The smallest absolute Gasteiger partial charge is 0.410 e. The zero-order valence-electron chi connectivity index (χ0n) is 60.9. The number of fused-ring (bicyclic) bond motifs is 1. The zero-order valence-corrected chi connectivity index (χ0v) is 61.7. The lowest BCUT2D eigenvalue weighted by Crippen LogP contribution is -2.60. The average Bonchev–Trinajstić information content (AvgIpc) is 1.59. The topological polar surface area (TPSA) is 358 Å². The number of likely N-dealkylation sites (tertiary alicyclic amines) is 1. The molecule has 29 heteroatoms. The molecule has 0 bridgehead atoms. The van der Waals surface area contributed by atoms with Gasteiger partial charge < -0.3 is 66.4 Å². The van der Waals surface area contributed by atoms with Gasteiger partial charge in [0.1, 0.15) is 35.8 Å². The molecular formula is C73H104N12O16S. The van der Waals surface area contributed by atoms with E-state index in [0.29, 0.717) is 48.5 Å². The summed E-state index contributed by atoms with van der Waals surface area (Å²) in [5, 5.41) is 20.2. The summed E-state index contributed by atoms with van der Waals surface area (Å²) in [6.07, 6.45) is 2.00. The number of imide groups is 1. The Morgan fingerprint density at radius 2 is 1.37 bits per heavy atom. The third-order valence-electron chi connectivity index (χ3n) is 18.6. The Morgan fingerprint density at radius 1 is 0.716 bits per heavy atom. The van der Waals surface area contributed by atoms with E-state index < -0.39 is 126 Å². The van der Waals surface area contributed by atoms with E-state index in [4.69, 9.17) is 29.5 Å². The van der Waals surface area contributed by atoms with E-state index in [1.807, 2.05) is 56.5 Å². The van der Waals surface area contributed by atoms with Crippen LogP contribution in [0.1, 0.15) is 150 Å². The van der Waals surface area contributed by atoms with E-state index in [0.717, 1.165) is 10.6 Å². The molecule has 28 nitrogen and oxygen atoms in total. The van der Waals surface area contributed by atoms with Crippen molar-refractivity contribution in [2.45, 2.75) is 175 Å². The lowest BCUT2D eigenvalue weighted by Gasteiger charge is -2.41. The maximum Gasteiger partial charge on any atom is 0.410 e. The molecule has 1 fully saturated rings. The van der Waals surface area contributed by atoms with Gasteiger partial charge in [-0.25, -0.2) is 14.6 Å². The minimum Gasteiger partial charge on any atom is -0.445 e. The molecule has 6 rings (SSSR count). The number of urea groups is 1. The summed E-state index contributed by atoms with van der Waals surface area (Å²) >= 11 is 1.47. The van der Waals surface area contributed by atoms with Gasteiger partial charge in [0, 0.05) is 65.1 Å². The van der Waals surface area contributed by atoms with Crippen molar-refractivity contribution in [3.05, 3.63) is 118 Å². The van der Waals surface area contributed by atoms with Gasteiger partial charge in [0.15, 0.2) is 0 Å².